The number of carbonyl (C=O) groups is 1. The summed E-state index contributed by atoms with van der Waals surface area (Å²) in [5, 5.41) is 13.6. The average Bonchev–Trinajstić information content (AvgIpc) is 2.19. The largest absolute Gasteiger partial charge is 0.381 e. The molecule has 2 N–H and O–H groups in total. The predicted octanol–water partition coefficient (Wildman–Crippen LogP) is 1.56. The van der Waals surface area contributed by atoms with Crippen LogP contribution in [0.5, 0.6) is 0 Å². The van der Waals surface area contributed by atoms with Gasteiger partial charge in [0.1, 0.15) is 5.60 Å². The van der Waals surface area contributed by atoms with Crippen LogP contribution in [-0.4, -0.2) is 22.8 Å². The standard InChI is InChI=1S/C11H13ClN2O2/c1-11(2,16)10(15)14-13-7-8-5-3-4-6-9(8)12/h3-7,16H,1-2H3,(H,14,15)/b13-7+. The van der Waals surface area contributed by atoms with Crippen molar-refractivity contribution >= 4 is 23.7 Å². The fourth-order valence-corrected chi connectivity index (χ4v) is 1.06. The van der Waals surface area contributed by atoms with Gasteiger partial charge in [-0.1, -0.05) is 29.8 Å². The van der Waals surface area contributed by atoms with Gasteiger partial charge >= 0.3 is 0 Å². The summed E-state index contributed by atoms with van der Waals surface area (Å²) in [5.41, 5.74) is 1.47. The zero-order valence-electron chi connectivity index (χ0n) is 9.07. The topological polar surface area (TPSA) is 61.7 Å². The molecule has 0 heterocycles. The normalized spacial score (nSPS) is 11.8. The molecule has 0 unspecified atom stereocenters. The van der Waals surface area contributed by atoms with Crippen molar-refractivity contribution in [3.05, 3.63) is 34.9 Å². The molecule has 1 aromatic rings. The summed E-state index contributed by atoms with van der Waals surface area (Å²) >= 11 is 5.88. The summed E-state index contributed by atoms with van der Waals surface area (Å²) in [6, 6.07) is 7.10. The summed E-state index contributed by atoms with van der Waals surface area (Å²) in [6.07, 6.45) is 1.42. The quantitative estimate of drug-likeness (QED) is 0.622. The molecule has 1 rings (SSSR count). The molecule has 0 fully saturated rings. The molecule has 0 radical (unpaired) electrons. The Kier molecular flexibility index (Phi) is 4.04. The first-order valence-corrected chi connectivity index (χ1v) is 5.09. The van der Waals surface area contributed by atoms with Gasteiger partial charge in [-0.2, -0.15) is 5.10 Å². The van der Waals surface area contributed by atoms with Crippen LogP contribution >= 0.6 is 11.6 Å². The summed E-state index contributed by atoms with van der Waals surface area (Å²) in [4.78, 5) is 11.2. The molecule has 0 aliphatic rings. The van der Waals surface area contributed by atoms with Crippen molar-refractivity contribution in [2.45, 2.75) is 19.4 Å². The lowest BCUT2D eigenvalue weighted by Crippen LogP contribution is -2.39. The van der Waals surface area contributed by atoms with Gasteiger partial charge in [-0.3, -0.25) is 4.79 Å². The number of hydrogen-bond acceptors (Lipinski definition) is 3. The van der Waals surface area contributed by atoms with Crippen LogP contribution in [-0.2, 0) is 4.79 Å². The predicted molar refractivity (Wildman–Crippen MR) is 63.5 cm³/mol. The van der Waals surface area contributed by atoms with Gasteiger partial charge in [-0.25, -0.2) is 5.43 Å². The molecule has 0 atom stereocenters. The molecule has 4 nitrogen and oxygen atoms in total. The first-order chi connectivity index (χ1) is 7.41. The maximum absolute atomic E-state index is 11.2. The van der Waals surface area contributed by atoms with Crippen LogP contribution in [0.3, 0.4) is 0 Å². The first-order valence-electron chi connectivity index (χ1n) is 4.71. The van der Waals surface area contributed by atoms with E-state index in [0.29, 0.717) is 10.6 Å². The molecular weight excluding hydrogens is 228 g/mol. The van der Waals surface area contributed by atoms with Gasteiger partial charge in [0, 0.05) is 10.6 Å². The number of hydrazone groups is 1. The van der Waals surface area contributed by atoms with Crippen LogP contribution in [0.2, 0.25) is 5.02 Å². The van der Waals surface area contributed by atoms with Crippen molar-refractivity contribution < 1.29 is 9.90 Å². The first kappa shape index (κ1) is 12.7. The number of aliphatic hydroxyl groups is 1. The Bertz CT molecular complexity index is 411. The van der Waals surface area contributed by atoms with Crippen LogP contribution < -0.4 is 5.43 Å². The highest BCUT2D eigenvalue weighted by Crippen LogP contribution is 2.12. The van der Waals surface area contributed by atoms with Crippen molar-refractivity contribution in [1.29, 1.82) is 0 Å². The Morgan fingerprint density at radius 3 is 2.69 bits per heavy atom. The van der Waals surface area contributed by atoms with Gasteiger partial charge in [-0.05, 0) is 19.9 Å². The lowest BCUT2D eigenvalue weighted by Gasteiger charge is -2.13. The minimum Gasteiger partial charge on any atom is -0.381 e. The van der Waals surface area contributed by atoms with E-state index in [1.807, 2.05) is 6.07 Å². The monoisotopic (exact) mass is 240 g/mol. The fraction of sp³-hybridized carbons (Fsp3) is 0.273. The van der Waals surface area contributed by atoms with Gasteiger partial charge < -0.3 is 5.11 Å². The van der Waals surface area contributed by atoms with Crippen LogP contribution in [0, 0.1) is 0 Å². The third-order valence-corrected chi connectivity index (χ3v) is 2.17. The minimum atomic E-state index is -1.45. The number of halogens is 1. The second kappa shape index (κ2) is 5.09. The maximum Gasteiger partial charge on any atom is 0.271 e. The Labute approximate surface area is 98.9 Å². The molecule has 0 aromatic heterocycles. The third-order valence-electron chi connectivity index (χ3n) is 1.83. The van der Waals surface area contributed by atoms with E-state index in [2.05, 4.69) is 10.5 Å². The Hall–Kier alpha value is -1.39. The van der Waals surface area contributed by atoms with Crippen molar-refractivity contribution in [3.8, 4) is 0 Å². The van der Waals surface area contributed by atoms with Gasteiger partial charge in [0.2, 0.25) is 0 Å². The molecule has 86 valence electrons. The van der Waals surface area contributed by atoms with E-state index in [4.69, 9.17) is 11.6 Å². The van der Waals surface area contributed by atoms with Crippen molar-refractivity contribution in [3.63, 3.8) is 0 Å². The molecule has 16 heavy (non-hydrogen) atoms. The number of carbonyl (C=O) groups excluding carboxylic acids is 1. The zero-order valence-corrected chi connectivity index (χ0v) is 9.82. The molecule has 5 heteroatoms. The van der Waals surface area contributed by atoms with E-state index >= 15 is 0 Å². The Morgan fingerprint density at radius 1 is 1.50 bits per heavy atom. The fourth-order valence-electron chi connectivity index (χ4n) is 0.877. The van der Waals surface area contributed by atoms with Crippen LogP contribution in [0.1, 0.15) is 19.4 Å². The minimum absolute atomic E-state index is 0.545. The van der Waals surface area contributed by atoms with E-state index in [1.54, 1.807) is 18.2 Å². The summed E-state index contributed by atoms with van der Waals surface area (Å²) in [7, 11) is 0. The number of nitrogens with zero attached hydrogens (tertiary/aromatic N) is 1. The maximum atomic E-state index is 11.2. The molecule has 1 aromatic carbocycles. The molecule has 1 amide bonds. The average molecular weight is 241 g/mol. The van der Waals surface area contributed by atoms with Crippen LogP contribution in [0.25, 0.3) is 0 Å². The van der Waals surface area contributed by atoms with E-state index < -0.39 is 11.5 Å². The SMILES string of the molecule is CC(C)(O)C(=O)N/N=C/c1ccccc1Cl. The number of amides is 1. The summed E-state index contributed by atoms with van der Waals surface area (Å²) in [5.74, 6) is -0.573. The molecule has 0 spiro atoms. The van der Waals surface area contributed by atoms with Crippen LogP contribution in [0.15, 0.2) is 29.4 Å². The highest BCUT2D eigenvalue weighted by molar-refractivity contribution is 6.33. The lowest BCUT2D eigenvalue weighted by molar-refractivity contribution is -0.136. The molecular formula is C11H13ClN2O2. The molecule has 0 saturated heterocycles. The Morgan fingerprint density at radius 2 is 2.12 bits per heavy atom. The second-order valence-corrected chi connectivity index (χ2v) is 4.19. The van der Waals surface area contributed by atoms with E-state index in [-0.39, 0.29) is 0 Å². The van der Waals surface area contributed by atoms with Crippen molar-refractivity contribution in [1.82, 2.24) is 5.43 Å². The molecule has 0 aliphatic carbocycles. The molecule has 0 saturated carbocycles. The van der Waals surface area contributed by atoms with E-state index in [9.17, 15) is 9.90 Å². The number of nitrogens with one attached hydrogen (secondary N) is 1. The van der Waals surface area contributed by atoms with Gasteiger partial charge in [0.25, 0.3) is 5.91 Å². The summed E-state index contributed by atoms with van der Waals surface area (Å²) < 4.78 is 0. The van der Waals surface area contributed by atoms with Gasteiger partial charge in [-0.15, -0.1) is 0 Å². The second-order valence-electron chi connectivity index (χ2n) is 3.78. The van der Waals surface area contributed by atoms with Crippen molar-refractivity contribution in [2.75, 3.05) is 0 Å². The van der Waals surface area contributed by atoms with E-state index in [1.165, 1.54) is 20.1 Å². The molecule has 0 bridgehead atoms. The number of benzene rings is 1. The summed E-state index contributed by atoms with van der Waals surface area (Å²) in [6.45, 7) is 2.76. The van der Waals surface area contributed by atoms with Crippen molar-refractivity contribution in [2.24, 2.45) is 5.10 Å². The highest BCUT2D eigenvalue weighted by atomic mass is 35.5. The Balaban J connectivity index is 2.63. The van der Waals surface area contributed by atoms with E-state index in [0.717, 1.165) is 0 Å². The van der Waals surface area contributed by atoms with Gasteiger partial charge in [0.15, 0.2) is 0 Å². The highest BCUT2D eigenvalue weighted by Gasteiger charge is 2.22. The third kappa shape index (κ3) is 3.64. The zero-order chi connectivity index (χ0) is 12.2. The van der Waals surface area contributed by atoms with Gasteiger partial charge in [0.05, 0.1) is 6.21 Å². The smallest absolute Gasteiger partial charge is 0.271 e. The molecule has 0 aliphatic heterocycles. The van der Waals surface area contributed by atoms with Crippen LogP contribution in [0.4, 0.5) is 0 Å². The lowest BCUT2D eigenvalue weighted by atomic mass is 10.1. The number of rotatable bonds is 3. The number of hydrogen-bond donors (Lipinski definition) is 2.